The smallest absolute Gasteiger partial charge is 0.257 e. The Kier molecular flexibility index (Phi) is 6.58. The van der Waals surface area contributed by atoms with Crippen LogP contribution in [0.4, 0.5) is 5.69 Å². The predicted octanol–water partition coefficient (Wildman–Crippen LogP) is 3.91. The van der Waals surface area contributed by atoms with Crippen molar-refractivity contribution < 1.29 is 14.3 Å². The van der Waals surface area contributed by atoms with Crippen LogP contribution in [0.15, 0.2) is 36.5 Å². The number of anilines is 1. The maximum atomic E-state index is 12.5. The number of ether oxygens (including phenoxy) is 1. The summed E-state index contributed by atoms with van der Waals surface area (Å²) in [4.78, 5) is 28.9. The first kappa shape index (κ1) is 19.7. The van der Waals surface area contributed by atoms with Gasteiger partial charge in [0, 0.05) is 23.3 Å². The second-order valence-electron chi connectivity index (χ2n) is 6.32. The summed E-state index contributed by atoms with van der Waals surface area (Å²) in [6, 6.07) is 7.93. The Balaban J connectivity index is 2.20. The van der Waals surface area contributed by atoms with Gasteiger partial charge in [-0.2, -0.15) is 0 Å². The van der Waals surface area contributed by atoms with Crippen LogP contribution in [-0.2, 0) is 0 Å². The lowest BCUT2D eigenvalue weighted by Gasteiger charge is -2.14. The molecule has 6 nitrogen and oxygen atoms in total. The zero-order valence-corrected chi connectivity index (χ0v) is 15.9. The second-order valence-corrected chi connectivity index (χ2v) is 6.76. The zero-order valence-electron chi connectivity index (χ0n) is 15.2. The predicted molar refractivity (Wildman–Crippen MR) is 102 cm³/mol. The molecule has 138 valence electrons. The molecule has 0 saturated heterocycles. The maximum Gasteiger partial charge on any atom is 0.257 e. The summed E-state index contributed by atoms with van der Waals surface area (Å²) in [5.74, 6) is -0.239. The second kappa shape index (κ2) is 8.67. The van der Waals surface area contributed by atoms with Gasteiger partial charge in [-0.1, -0.05) is 11.6 Å². The summed E-state index contributed by atoms with van der Waals surface area (Å²) in [6.45, 7) is 7.51. The first-order chi connectivity index (χ1) is 12.3. The highest BCUT2D eigenvalue weighted by Crippen LogP contribution is 2.22. The fourth-order valence-electron chi connectivity index (χ4n) is 2.18. The molecule has 7 heteroatoms. The lowest BCUT2D eigenvalue weighted by molar-refractivity contribution is 0.0944. The number of amides is 2. The molecule has 0 aliphatic carbocycles. The van der Waals surface area contributed by atoms with Crippen LogP contribution >= 0.6 is 11.6 Å². The summed E-state index contributed by atoms with van der Waals surface area (Å²) in [5.41, 5.74) is 1.02. The number of carbonyl (C=O) groups is 2. The van der Waals surface area contributed by atoms with E-state index in [-0.39, 0.29) is 18.1 Å². The molecule has 0 unspecified atom stereocenters. The topological polar surface area (TPSA) is 80.3 Å². The lowest BCUT2D eigenvalue weighted by atomic mass is 10.1. The van der Waals surface area contributed by atoms with Gasteiger partial charge in [-0.05, 0) is 52.0 Å². The van der Waals surface area contributed by atoms with Gasteiger partial charge < -0.3 is 15.4 Å². The summed E-state index contributed by atoms with van der Waals surface area (Å²) in [5, 5.41) is 5.93. The third-order valence-corrected chi connectivity index (χ3v) is 3.48. The van der Waals surface area contributed by atoms with Crippen LogP contribution < -0.4 is 15.4 Å². The van der Waals surface area contributed by atoms with E-state index in [1.54, 1.807) is 30.3 Å². The Hall–Kier alpha value is -2.60. The van der Waals surface area contributed by atoms with Crippen LogP contribution in [-0.4, -0.2) is 28.9 Å². The molecule has 2 aromatic rings. The molecular formula is C19H22ClN3O3. The first-order valence-electron chi connectivity index (χ1n) is 8.30. The number of hydrogen-bond acceptors (Lipinski definition) is 4. The number of nitrogens with zero attached hydrogens (tertiary/aromatic N) is 1. The fraction of sp³-hybridized carbons (Fsp3) is 0.316. The van der Waals surface area contributed by atoms with E-state index in [0.29, 0.717) is 27.7 Å². The number of carbonyl (C=O) groups excluding carboxylic acids is 2. The molecular weight excluding hydrogens is 354 g/mol. The maximum absolute atomic E-state index is 12.5. The van der Waals surface area contributed by atoms with Crippen molar-refractivity contribution >= 4 is 29.1 Å². The minimum atomic E-state index is -0.394. The van der Waals surface area contributed by atoms with Crippen LogP contribution in [0.2, 0.25) is 5.02 Å². The van der Waals surface area contributed by atoms with E-state index in [0.717, 1.165) is 0 Å². The molecule has 26 heavy (non-hydrogen) atoms. The molecule has 0 saturated carbocycles. The Morgan fingerprint density at radius 2 is 1.81 bits per heavy atom. The van der Waals surface area contributed by atoms with Gasteiger partial charge in [0.25, 0.3) is 11.8 Å². The van der Waals surface area contributed by atoms with Gasteiger partial charge in [0.1, 0.15) is 0 Å². The largest absolute Gasteiger partial charge is 0.475 e. The number of pyridine rings is 1. The molecule has 2 N–H and O–H groups in total. The monoisotopic (exact) mass is 375 g/mol. The third-order valence-electron chi connectivity index (χ3n) is 3.25. The van der Waals surface area contributed by atoms with Crippen molar-refractivity contribution in [3.05, 3.63) is 52.7 Å². The minimum absolute atomic E-state index is 0.00401. The molecule has 1 aromatic heterocycles. The molecule has 0 aliphatic heterocycles. The van der Waals surface area contributed by atoms with Gasteiger partial charge in [0.15, 0.2) is 0 Å². The van der Waals surface area contributed by atoms with Crippen LogP contribution in [0.5, 0.6) is 5.88 Å². The molecule has 1 heterocycles. The number of nitrogens with one attached hydrogen (secondary N) is 2. The van der Waals surface area contributed by atoms with Crippen molar-refractivity contribution in [1.29, 1.82) is 0 Å². The normalized spacial score (nSPS) is 10.7. The van der Waals surface area contributed by atoms with Crippen LogP contribution in [0.1, 0.15) is 48.4 Å². The van der Waals surface area contributed by atoms with Crippen molar-refractivity contribution in [3.63, 3.8) is 0 Å². The average Bonchev–Trinajstić information content (AvgIpc) is 2.54. The van der Waals surface area contributed by atoms with Crippen molar-refractivity contribution in [3.8, 4) is 5.88 Å². The van der Waals surface area contributed by atoms with Gasteiger partial charge in [-0.15, -0.1) is 0 Å². The van der Waals surface area contributed by atoms with E-state index in [9.17, 15) is 9.59 Å². The number of benzene rings is 1. The lowest BCUT2D eigenvalue weighted by Crippen LogP contribution is -2.31. The summed E-state index contributed by atoms with van der Waals surface area (Å²) in [6.07, 6.45) is 1.42. The van der Waals surface area contributed by atoms with Gasteiger partial charge in [-0.25, -0.2) is 4.98 Å². The van der Waals surface area contributed by atoms with Crippen LogP contribution in [0.3, 0.4) is 0 Å². The van der Waals surface area contributed by atoms with E-state index >= 15 is 0 Å². The Morgan fingerprint density at radius 1 is 1.08 bits per heavy atom. The number of aromatic nitrogens is 1. The van der Waals surface area contributed by atoms with E-state index in [1.807, 2.05) is 27.7 Å². The number of rotatable bonds is 6. The fourth-order valence-corrected chi connectivity index (χ4v) is 2.35. The van der Waals surface area contributed by atoms with E-state index < -0.39 is 5.91 Å². The Bertz CT molecular complexity index is 789. The van der Waals surface area contributed by atoms with E-state index in [1.165, 1.54) is 6.20 Å². The van der Waals surface area contributed by atoms with Crippen molar-refractivity contribution in [2.24, 2.45) is 0 Å². The summed E-state index contributed by atoms with van der Waals surface area (Å²) >= 11 is 6.01. The molecule has 1 aromatic carbocycles. The minimum Gasteiger partial charge on any atom is -0.475 e. The SMILES string of the molecule is CC(C)NC(=O)c1ccc(Cl)cc1NC(=O)c1ccc(OC(C)C)nc1. The van der Waals surface area contributed by atoms with E-state index in [4.69, 9.17) is 16.3 Å². The Labute approximate surface area is 157 Å². The highest BCUT2D eigenvalue weighted by atomic mass is 35.5. The van der Waals surface area contributed by atoms with Gasteiger partial charge in [-0.3, -0.25) is 9.59 Å². The summed E-state index contributed by atoms with van der Waals surface area (Å²) in [7, 11) is 0. The average molecular weight is 376 g/mol. The number of hydrogen-bond donors (Lipinski definition) is 2. The Morgan fingerprint density at radius 3 is 2.38 bits per heavy atom. The molecule has 0 radical (unpaired) electrons. The summed E-state index contributed by atoms with van der Waals surface area (Å²) < 4.78 is 5.46. The third kappa shape index (κ3) is 5.46. The van der Waals surface area contributed by atoms with Gasteiger partial charge in [0.2, 0.25) is 5.88 Å². The first-order valence-corrected chi connectivity index (χ1v) is 8.68. The van der Waals surface area contributed by atoms with Crippen molar-refractivity contribution in [2.45, 2.75) is 39.8 Å². The molecule has 0 aliphatic rings. The molecule has 0 atom stereocenters. The number of halogens is 1. The zero-order chi connectivity index (χ0) is 19.3. The molecule has 2 amide bonds. The molecule has 0 spiro atoms. The van der Waals surface area contributed by atoms with Crippen molar-refractivity contribution in [1.82, 2.24) is 10.3 Å². The quantitative estimate of drug-likeness (QED) is 0.802. The van der Waals surface area contributed by atoms with Crippen LogP contribution in [0, 0.1) is 0 Å². The standard InChI is InChI=1S/C19H22ClN3O3/c1-11(2)22-19(25)15-7-6-14(20)9-16(15)23-18(24)13-5-8-17(21-10-13)26-12(3)4/h5-12H,1-4H3,(H,22,25)(H,23,24). The molecule has 0 fully saturated rings. The molecule has 2 rings (SSSR count). The van der Waals surface area contributed by atoms with Crippen LogP contribution in [0.25, 0.3) is 0 Å². The highest BCUT2D eigenvalue weighted by molar-refractivity contribution is 6.31. The highest BCUT2D eigenvalue weighted by Gasteiger charge is 2.16. The van der Waals surface area contributed by atoms with Crippen molar-refractivity contribution in [2.75, 3.05) is 5.32 Å². The van der Waals surface area contributed by atoms with Gasteiger partial charge >= 0.3 is 0 Å². The molecule has 0 bridgehead atoms. The van der Waals surface area contributed by atoms with E-state index in [2.05, 4.69) is 15.6 Å². The van der Waals surface area contributed by atoms with Gasteiger partial charge in [0.05, 0.1) is 22.9 Å².